The normalized spacial score (nSPS) is 11.5. The fourth-order valence-corrected chi connectivity index (χ4v) is 6.58. The minimum absolute atomic E-state index is 0.650. The second-order valence-electron chi connectivity index (χ2n) is 11.7. The van der Waals surface area contributed by atoms with Crippen LogP contribution in [-0.2, 0) is 0 Å². The Hall–Kier alpha value is -6.19. The van der Waals surface area contributed by atoms with Crippen LogP contribution in [0.3, 0.4) is 0 Å². The third-order valence-corrected chi connectivity index (χ3v) is 8.90. The molecule has 0 aliphatic heterocycles. The molecule has 1 heterocycles. The molecule has 0 radical (unpaired) electrons. The molecule has 0 fully saturated rings. The van der Waals surface area contributed by atoms with E-state index in [1.54, 1.807) is 0 Å². The molecular weight excluding hydrogens is 558 g/mol. The van der Waals surface area contributed by atoms with Crippen LogP contribution >= 0.6 is 0 Å². The predicted octanol–water partition coefficient (Wildman–Crippen LogP) is 11.2. The molecule has 0 N–H and O–H groups in total. The Morgan fingerprint density at radius 3 is 1.67 bits per heavy atom. The zero-order valence-corrected chi connectivity index (χ0v) is 24.9. The van der Waals surface area contributed by atoms with E-state index >= 15 is 0 Å². The van der Waals surface area contributed by atoms with Crippen molar-refractivity contribution in [2.45, 2.75) is 0 Å². The summed E-state index contributed by atoms with van der Waals surface area (Å²) < 4.78 is 0. The average Bonchev–Trinajstić information content (AvgIpc) is 3.14. The summed E-state index contributed by atoms with van der Waals surface area (Å²) in [5, 5.41) is 9.65. The summed E-state index contributed by atoms with van der Waals surface area (Å²) in [4.78, 5) is 15.2. The lowest BCUT2D eigenvalue weighted by Crippen LogP contribution is -2.00. The summed E-state index contributed by atoms with van der Waals surface area (Å²) in [5.74, 6) is 1.97. The van der Waals surface area contributed by atoms with E-state index in [2.05, 4.69) is 146 Å². The topological polar surface area (TPSA) is 38.7 Å². The smallest absolute Gasteiger partial charge is 0.164 e. The van der Waals surface area contributed by atoms with Crippen LogP contribution in [0.2, 0.25) is 0 Å². The summed E-state index contributed by atoms with van der Waals surface area (Å²) in [6.07, 6.45) is 0. The van der Waals surface area contributed by atoms with E-state index in [-0.39, 0.29) is 0 Å². The molecule has 3 nitrogen and oxygen atoms in total. The molecule has 9 aromatic rings. The van der Waals surface area contributed by atoms with Gasteiger partial charge in [-0.3, -0.25) is 0 Å². The molecule has 8 aromatic carbocycles. The van der Waals surface area contributed by atoms with Crippen LogP contribution in [0, 0.1) is 0 Å². The molecule has 0 unspecified atom stereocenters. The van der Waals surface area contributed by atoms with Gasteiger partial charge < -0.3 is 0 Å². The van der Waals surface area contributed by atoms with Gasteiger partial charge in [0.05, 0.1) is 0 Å². The van der Waals surface area contributed by atoms with Crippen molar-refractivity contribution in [2.75, 3.05) is 0 Å². The second kappa shape index (κ2) is 10.8. The van der Waals surface area contributed by atoms with E-state index in [1.807, 2.05) is 18.2 Å². The largest absolute Gasteiger partial charge is 0.208 e. The molecule has 0 saturated carbocycles. The highest BCUT2D eigenvalue weighted by Gasteiger charge is 2.16. The summed E-state index contributed by atoms with van der Waals surface area (Å²) in [6, 6.07) is 57.6. The van der Waals surface area contributed by atoms with Gasteiger partial charge in [-0.25, -0.2) is 15.0 Å². The van der Waals surface area contributed by atoms with Gasteiger partial charge in [0.25, 0.3) is 0 Å². The summed E-state index contributed by atoms with van der Waals surface area (Å²) in [6.45, 7) is 0. The molecule has 46 heavy (non-hydrogen) atoms. The van der Waals surface area contributed by atoms with Crippen molar-refractivity contribution in [2.24, 2.45) is 0 Å². The number of rotatable bonds is 4. The van der Waals surface area contributed by atoms with Gasteiger partial charge in [-0.15, -0.1) is 0 Å². The van der Waals surface area contributed by atoms with Crippen molar-refractivity contribution in [3.8, 4) is 45.3 Å². The lowest BCUT2D eigenvalue weighted by atomic mass is 9.94. The average molecular weight is 586 g/mol. The molecule has 0 aliphatic rings. The fraction of sp³-hybridized carbons (Fsp3) is 0. The van der Waals surface area contributed by atoms with Gasteiger partial charge in [-0.1, -0.05) is 158 Å². The minimum atomic E-state index is 0.650. The number of fused-ring (bicyclic) bond motifs is 6. The summed E-state index contributed by atoms with van der Waals surface area (Å²) >= 11 is 0. The number of hydrogen-bond acceptors (Lipinski definition) is 3. The second-order valence-corrected chi connectivity index (χ2v) is 11.7. The third-order valence-electron chi connectivity index (χ3n) is 8.90. The van der Waals surface area contributed by atoms with Gasteiger partial charge in [-0.05, 0) is 54.9 Å². The number of nitrogens with zero attached hydrogens (tertiary/aromatic N) is 3. The molecule has 3 heteroatoms. The molecule has 0 amide bonds. The lowest BCUT2D eigenvalue weighted by Gasteiger charge is -2.13. The van der Waals surface area contributed by atoms with E-state index in [0.717, 1.165) is 33.0 Å². The van der Waals surface area contributed by atoms with Gasteiger partial charge in [0.1, 0.15) is 0 Å². The van der Waals surface area contributed by atoms with Gasteiger partial charge in [0.2, 0.25) is 0 Å². The molecule has 214 valence electrons. The quantitative estimate of drug-likeness (QED) is 0.193. The Labute approximate surface area is 266 Å². The Kier molecular flexibility index (Phi) is 6.14. The van der Waals surface area contributed by atoms with Crippen molar-refractivity contribution in [3.63, 3.8) is 0 Å². The highest BCUT2D eigenvalue weighted by Crippen LogP contribution is 2.37. The standard InChI is InChI=1S/C43H27N3/c1-2-11-32(12-3-1)41-44-42(33-20-17-29(18-21-33)35-22-19-28-9-4-5-13-34(28)27-35)46-43(45-41)39-16-8-14-31-24-25-37-36-15-7-6-10-30(36)23-26-38(37)40(31)39/h1-27H. The van der Waals surface area contributed by atoms with Crippen LogP contribution in [0.15, 0.2) is 164 Å². The van der Waals surface area contributed by atoms with Crippen LogP contribution in [0.25, 0.3) is 88.4 Å². The first-order chi connectivity index (χ1) is 22.8. The first kappa shape index (κ1) is 26.2. The van der Waals surface area contributed by atoms with E-state index < -0.39 is 0 Å². The van der Waals surface area contributed by atoms with Crippen LogP contribution in [0.4, 0.5) is 0 Å². The Morgan fingerprint density at radius 2 is 0.848 bits per heavy atom. The Morgan fingerprint density at radius 1 is 0.283 bits per heavy atom. The van der Waals surface area contributed by atoms with Crippen molar-refractivity contribution < 1.29 is 0 Å². The molecule has 9 rings (SSSR count). The van der Waals surface area contributed by atoms with Gasteiger partial charge in [0.15, 0.2) is 17.5 Å². The van der Waals surface area contributed by atoms with Gasteiger partial charge >= 0.3 is 0 Å². The van der Waals surface area contributed by atoms with Crippen molar-refractivity contribution >= 4 is 43.1 Å². The Bertz CT molecular complexity index is 2570. The first-order valence-electron chi connectivity index (χ1n) is 15.5. The van der Waals surface area contributed by atoms with E-state index in [0.29, 0.717) is 17.5 Å². The van der Waals surface area contributed by atoms with Gasteiger partial charge in [-0.2, -0.15) is 0 Å². The van der Waals surface area contributed by atoms with Crippen LogP contribution in [-0.4, -0.2) is 15.0 Å². The maximum atomic E-state index is 5.14. The number of benzene rings is 8. The molecule has 0 saturated heterocycles. The third kappa shape index (κ3) is 4.49. The molecule has 0 aliphatic carbocycles. The zero-order chi connectivity index (χ0) is 30.5. The predicted molar refractivity (Wildman–Crippen MR) is 192 cm³/mol. The van der Waals surface area contributed by atoms with Gasteiger partial charge in [0, 0.05) is 22.1 Å². The number of hydrogen-bond donors (Lipinski definition) is 0. The van der Waals surface area contributed by atoms with E-state index in [4.69, 9.17) is 15.0 Å². The molecular formula is C43H27N3. The van der Waals surface area contributed by atoms with E-state index in [1.165, 1.54) is 37.9 Å². The SMILES string of the molecule is c1ccc(-c2nc(-c3ccc(-c4ccc5ccccc5c4)cc3)nc(-c3cccc4ccc5c6ccccc6ccc5c34)n2)cc1. The molecule has 0 spiro atoms. The summed E-state index contributed by atoms with van der Waals surface area (Å²) in [5.41, 5.74) is 5.23. The number of aromatic nitrogens is 3. The van der Waals surface area contributed by atoms with Crippen LogP contribution in [0.5, 0.6) is 0 Å². The van der Waals surface area contributed by atoms with Crippen LogP contribution < -0.4 is 0 Å². The molecule has 0 atom stereocenters. The van der Waals surface area contributed by atoms with Crippen molar-refractivity contribution in [1.29, 1.82) is 0 Å². The first-order valence-corrected chi connectivity index (χ1v) is 15.5. The minimum Gasteiger partial charge on any atom is -0.208 e. The van der Waals surface area contributed by atoms with E-state index in [9.17, 15) is 0 Å². The maximum Gasteiger partial charge on any atom is 0.164 e. The highest BCUT2D eigenvalue weighted by molar-refractivity contribution is 6.20. The molecule has 0 bridgehead atoms. The zero-order valence-electron chi connectivity index (χ0n) is 24.9. The lowest BCUT2D eigenvalue weighted by molar-refractivity contribution is 1.08. The van der Waals surface area contributed by atoms with Crippen molar-refractivity contribution in [1.82, 2.24) is 15.0 Å². The maximum absolute atomic E-state index is 5.14. The van der Waals surface area contributed by atoms with Crippen molar-refractivity contribution in [3.05, 3.63) is 164 Å². The van der Waals surface area contributed by atoms with Crippen LogP contribution in [0.1, 0.15) is 0 Å². The Balaban J connectivity index is 1.22. The molecule has 1 aromatic heterocycles. The summed E-state index contributed by atoms with van der Waals surface area (Å²) in [7, 11) is 0. The highest BCUT2D eigenvalue weighted by atomic mass is 15.0. The fourth-order valence-electron chi connectivity index (χ4n) is 6.58. The monoisotopic (exact) mass is 585 g/mol.